The quantitative estimate of drug-likeness (QED) is 0.583. The number of hydrogen-bond acceptors (Lipinski definition) is 5. The summed E-state index contributed by atoms with van der Waals surface area (Å²) in [5, 5.41) is 8.51. The van der Waals surface area contributed by atoms with E-state index in [4.69, 9.17) is 20.8 Å². The summed E-state index contributed by atoms with van der Waals surface area (Å²) in [4.78, 5) is 12.2. The summed E-state index contributed by atoms with van der Waals surface area (Å²) in [7, 11) is 0. The van der Waals surface area contributed by atoms with Crippen molar-refractivity contribution in [3.8, 4) is 11.5 Å². The fourth-order valence-corrected chi connectivity index (χ4v) is 2.69. The van der Waals surface area contributed by atoms with Crippen LogP contribution < -0.4 is 0 Å². The molecule has 0 saturated carbocycles. The Morgan fingerprint density at radius 3 is 2.46 bits per heavy atom. The molecular formula is C20H19ClN2O3. The summed E-state index contributed by atoms with van der Waals surface area (Å²) in [5.74, 6) is 0.295. The van der Waals surface area contributed by atoms with Gasteiger partial charge in [-0.1, -0.05) is 55.8 Å². The lowest BCUT2D eigenvalue weighted by atomic mass is 9.82. The van der Waals surface area contributed by atoms with Crippen LogP contribution in [-0.2, 0) is 21.6 Å². The van der Waals surface area contributed by atoms with Gasteiger partial charge in [0.1, 0.15) is 0 Å². The van der Waals surface area contributed by atoms with Crippen LogP contribution >= 0.6 is 11.6 Å². The topological polar surface area (TPSA) is 65.2 Å². The van der Waals surface area contributed by atoms with Gasteiger partial charge in [-0.05, 0) is 29.8 Å². The van der Waals surface area contributed by atoms with E-state index >= 15 is 0 Å². The lowest BCUT2D eigenvalue weighted by Gasteiger charge is -2.23. The van der Waals surface area contributed by atoms with E-state index in [0.29, 0.717) is 10.9 Å². The lowest BCUT2D eigenvalue weighted by Crippen LogP contribution is -2.23. The smallest absolute Gasteiger partial charge is 0.307 e. The van der Waals surface area contributed by atoms with E-state index in [1.165, 1.54) is 0 Å². The third-order valence-electron chi connectivity index (χ3n) is 4.06. The maximum absolute atomic E-state index is 12.2. The summed E-state index contributed by atoms with van der Waals surface area (Å²) in [6, 6.07) is 16.9. The van der Waals surface area contributed by atoms with E-state index in [1.54, 1.807) is 24.3 Å². The summed E-state index contributed by atoms with van der Waals surface area (Å²) < 4.78 is 10.8. The van der Waals surface area contributed by atoms with Crippen LogP contribution in [0.15, 0.2) is 59.0 Å². The second-order valence-electron chi connectivity index (χ2n) is 6.60. The first kappa shape index (κ1) is 18.1. The van der Waals surface area contributed by atoms with Gasteiger partial charge in [0.2, 0.25) is 5.89 Å². The van der Waals surface area contributed by atoms with Crippen LogP contribution in [0.3, 0.4) is 0 Å². The fraction of sp³-hybridized carbons (Fsp3) is 0.250. The molecule has 0 saturated heterocycles. The van der Waals surface area contributed by atoms with Crippen molar-refractivity contribution in [1.29, 1.82) is 0 Å². The predicted molar refractivity (Wildman–Crippen MR) is 98.6 cm³/mol. The Bertz CT molecular complexity index is 874. The Morgan fingerprint density at radius 2 is 1.77 bits per heavy atom. The molecule has 6 heteroatoms. The lowest BCUT2D eigenvalue weighted by molar-refractivity contribution is -0.146. The van der Waals surface area contributed by atoms with Crippen LogP contribution in [0.1, 0.15) is 31.7 Å². The number of esters is 1. The number of nitrogens with zero attached hydrogens (tertiary/aromatic N) is 2. The molecule has 3 aromatic rings. The molecule has 0 unspecified atom stereocenters. The fourth-order valence-electron chi connectivity index (χ4n) is 2.57. The predicted octanol–water partition coefficient (Wildman–Crippen LogP) is 4.80. The highest BCUT2D eigenvalue weighted by Crippen LogP contribution is 2.27. The maximum Gasteiger partial charge on any atom is 0.307 e. The molecule has 0 aliphatic heterocycles. The zero-order valence-electron chi connectivity index (χ0n) is 14.6. The van der Waals surface area contributed by atoms with Gasteiger partial charge in [-0.2, -0.15) is 0 Å². The highest BCUT2D eigenvalue weighted by atomic mass is 35.5. The number of halogens is 1. The number of carbonyl (C=O) groups excluding carboxylic acids is 1. The molecule has 1 aromatic heterocycles. The van der Waals surface area contributed by atoms with E-state index in [2.05, 4.69) is 10.2 Å². The van der Waals surface area contributed by atoms with Gasteiger partial charge in [0, 0.05) is 16.0 Å². The highest BCUT2D eigenvalue weighted by Gasteiger charge is 2.25. The SMILES string of the molecule is CC(C)(CC(=O)OCc1nnc(-c2ccc(Cl)cc2)o1)c1ccccc1. The minimum absolute atomic E-state index is 0.0513. The summed E-state index contributed by atoms with van der Waals surface area (Å²) in [5.41, 5.74) is 1.52. The first-order chi connectivity index (χ1) is 12.4. The largest absolute Gasteiger partial charge is 0.456 e. The van der Waals surface area contributed by atoms with E-state index in [-0.39, 0.29) is 30.3 Å². The highest BCUT2D eigenvalue weighted by molar-refractivity contribution is 6.30. The molecule has 26 heavy (non-hydrogen) atoms. The van der Waals surface area contributed by atoms with Crippen molar-refractivity contribution in [2.75, 3.05) is 0 Å². The van der Waals surface area contributed by atoms with E-state index in [0.717, 1.165) is 11.1 Å². The van der Waals surface area contributed by atoms with Crippen LogP contribution in [0.5, 0.6) is 0 Å². The molecule has 0 radical (unpaired) electrons. The second-order valence-corrected chi connectivity index (χ2v) is 7.03. The van der Waals surface area contributed by atoms with Crippen LogP contribution in [-0.4, -0.2) is 16.2 Å². The van der Waals surface area contributed by atoms with Gasteiger partial charge in [-0.15, -0.1) is 10.2 Å². The van der Waals surface area contributed by atoms with E-state index in [9.17, 15) is 4.79 Å². The van der Waals surface area contributed by atoms with Crippen molar-refractivity contribution in [1.82, 2.24) is 10.2 Å². The van der Waals surface area contributed by atoms with Gasteiger partial charge in [0.05, 0.1) is 6.42 Å². The normalized spacial score (nSPS) is 11.3. The minimum atomic E-state index is -0.318. The Balaban J connectivity index is 1.57. The number of aromatic nitrogens is 2. The Hall–Kier alpha value is -2.66. The van der Waals surface area contributed by atoms with Crippen molar-refractivity contribution < 1.29 is 13.9 Å². The number of benzene rings is 2. The molecule has 0 bridgehead atoms. The van der Waals surface area contributed by atoms with Crippen LogP contribution in [0.2, 0.25) is 5.02 Å². The summed E-state index contributed by atoms with van der Waals surface area (Å²) in [6.45, 7) is 3.97. The molecule has 0 amide bonds. The van der Waals surface area contributed by atoms with Crippen molar-refractivity contribution in [3.63, 3.8) is 0 Å². The van der Waals surface area contributed by atoms with Crippen LogP contribution in [0.25, 0.3) is 11.5 Å². The van der Waals surface area contributed by atoms with Crippen molar-refractivity contribution in [2.45, 2.75) is 32.3 Å². The number of carbonyl (C=O) groups is 1. The standard InChI is InChI=1S/C20H19ClN2O3/c1-20(2,15-6-4-3-5-7-15)12-18(24)25-13-17-22-23-19(26-17)14-8-10-16(21)11-9-14/h3-11H,12-13H2,1-2H3. The van der Waals surface area contributed by atoms with E-state index < -0.39 is 0 Å². The first-order valence-electron chi connectivity index (χ1n) is 8.23. The molecular weight excluding hydrogens is 352 g/mol. The zero-order valence-corrected chi connectivity index (χ0v) is 15.4. The molecule has 0 spiro atoms. The third-order valence-corrected chi connectivity index (χ3v) is 4.31. The van der Waals surface area contributed by atoms with Crippen molar-refractivity contribution in [3.05, 3.63) is 71.1 Å². The Labute approximate surface area is 157 Å². The van der Waals surface area contributed by atoms with Crippen molar-refractivity contribution in [2.24, 2.45) is 0 Å². The average molecular weight is 371 g/mol. The molecule has 0 N–H and O–H groups in total. The third kappa shape index (κ3) is 4.49. The molecule has 0 atom stereocenters. The van der Waals surface area contributed by atoms with Crippen molar-refractivity contribution >= 4 is 17.6 Å². The van der Waals surface area contributed by atoms with Gasteiger partial charge in [0.15, 0.2) is 6.61 Å². The monoisotopic (exact) mass is 370 g/mol. The number of ether oxygens (including phenoxy) is 1. The molecule has 0 aliphatic carbocycles. The second kappa shape index (κ2) is 7.70. The number of hydrogen-bond donors (Lipinski definition) is 0. The van der Waals surface area contributed by atoms with Crippen LogP contribution in [0.4, 0.5) is 0 Å². The molecule has 5 nitrogen and oxygen atoms in total. The van der Waals surface area contributed by atoms with Gasteiger partial charge in [0.25, 0.3) is 5.89 Å². The molecule has 0 aliphatic rings. The molecule has 134 valence electrons. The van der Waals surface area contributed by atoms with Gasteiger partial charge in [-0.25, -0.2) is 0 Å². The zero-order chi connectivity index (χ0) is 18.6. The summed E-state index contributed by atoms with van der Waals surface area (Å²) in [6.07, 6.45) is 0.259. The molecule has 3 rings (SSSR count). The molecule has 1 heterocycles. The molecule has 2 aromatic carbocycles. The van der Waals surface area contributed by atoms with Crippen LogP contribution in [0, 0.1) is 0 Å². The van der Waals surface area contributed by atoms with Gasteiger partial charge >= 0.3 is 5.97 Å². The van der Waals surface area contributed by atoms with Gasteiger partial charge in [-0.3, -0.25) is 4.79 Å². The Kier molecular flexibility index (Phi) is 5.38. The Morgan fingerprint density at radius 1 is 1.08 bits per heavy atom. The molecule has 0 fully saturated rings. The summed E-state index contributed by atoms with van der Waals surface area (Å²) >= 11 is 5.86. The maximum atomic E-state index is 12.2. The average Bonchev–Trinajstić information content (AvgIpc) is 3.10. The first-order valence-corrected chi connectivity index (χ1v) is 8.61. The van der Waals surface area contributed by atoms with Gasteiger partial charge < -0.3 is 9.15 Å². The minimum Gasteiger partial charge on any atom is -0.456 e. The number of rotatable bonds is 6. The van der Waals surface area contributed by atoms with E-state index in [1.807, 2.05) is 44.2 Å².